The van der Waals surface area contributed by atoms with Crippen molar-refractivity contribution in [3.8, 4) is 5.75 Å². The Morgan fingerprint density at radius 1 is 1.07 bits per heavy atom. The number of ether oxygens (including phenoxy) is 1. The molecule has 3 rings (SSSR count). The molecule has 0 radical (unpaired) electrons. The van der Waals surface area contributed by atoms with Crippen LogP contribution in [0.1, 0.15) is 56.1 Å². The first-order valence-corrected chi connectivity index (χ1v) is 10.8. The lowest BCUT2D eigenvalue weighted by molar-refractivity contribution is -0.121. The SMILES string of the molecule is O=C(CCN1CCCCC1)NCCCCCNCc1ccc2c(c1)CCO2. The van der Waals surface area contributed by atoms with E-state index in [1.807, 2.05) is 0 Å². The fourth-order valence-electron chi connectivity index (χ4n) is 3.89. The highest BCUT2D eigenvalue weighted by molar-refractivity contribution is 5.75. The number of likely N-dealkylation sites (tertiary alicyclic amines) is 1. The van der Waals surface area contributed by atoms with Crippen LogP contribution in [0, 0.1) is 0 Å². The van der Waals surface area contributed by atoms with Gasteiger partial charge in [-0.2, -0.15) is 0 Å². The van der Waals surface area contributed by atoms with Crippen LogP contribution < -0.4 is 15.4 Å². The fourth-order valence-corrected chi connectivity index (χ4v) is 3.89. The molecule has 1 aromatic rings. The summed E-state index contributed by atoms with van der Waals surface area (Å²) >= 11 is 0. The summed E-state index contributed by atoms with van der Waals surface area (Å²) in [6, 6.07) is 6.50. The molecule has 1 saturated heterocycles. The Labute approximate surface area is 163 Å². The molecule has 2 aliphatic rings. The first-order valence-electron chi connectivity index (χ1n) is 10.8. The van der Waals surface area contributed by atoms with Crippen molar-refractivity contribution in [2.75, 3.05) is 39.3 Å². The van der Waals surface area contributed by atoms with E-state index in [0.717, 1.165) is 64.2 Å². The van der Waals surface area contributed by atoms with E-state index in [9.17, 15) is 4.79 Å². The third-order valence-corrected chi connectivity index (χ3v) is 5.54. The number of rotatable bonds is 11. The van der Waals surface area contributed by atoms with Crippen LogP contribution in [-0.2, 0) is 17.8 Å². The minimum Gasteiger partial charge on any atom is -0.493 e. The zero-order valence-corrected chi connectivity index (χ0v) is 16.6. The Morgan fingerprint density at radius 3 is 2.81 bits per heavy atom. The molecule has 0 spiro atoms. The van der Waals surface area contributed by atoms with E-state index in [-0.39, 0.29) is 5.91 Å². The molecule has 0 aliphatic carbocycles. The molecule has 1 amide bonds. The molecule has 27 heavy (non-hydrogen) atoms. The van der Waals surface area contributed by atoms with Gasteiger partial charge in [0.1, 0.15) is 5.75 Å². The van der Waals surface area contributed by atoms with Gasteiger partial charge < -0.3 is 20.3 Å². The largest absolute Gasteiger partial charge is 0.493 e. The summed E-state index contributed by atoms with van der Waals surface area (Å²) in [5, 5.41) is 6.58. The van der Waals surface area contributed by atoms with E-state index < -0.39 is 0 Å². The van der Waals surface area contributed by atoms with Crippen molar-refractivity contribution in [2.45, 2.75) is 57.9 Å². The number of benzene rings is 1. The summed E-state index contributed by atoms with van der Waals surface area (Å²) in [5.41, 5.74) is 2.67. The van der Waals surface area contributed by atoms with Crippen molar-refractivity contribution in [1.82, 2.24) is 15.5 Å². The van der Waals surface area contributed by atoms with Crippen LogP contribution in [0.3, 0.4) is 0 Å². The number of piperidine rings is 1. The minimum absolute atomic E-state index is 0.208. The van der Waals surface area contributed by atoms with Gasteiger partial charge in [0.25, 0.3) is 0 Å². The molecule has 5 heteroatoms. The molecule has 0 bridgehead atoms. The first-order chi connectivity index (χ1) is 13.3. The van der Waals surface area contributed by atoms with Crippen LogP contribution in [0.25, 0.3) is 0 Å². The maximum atomic E-state index is 11.9. The Bertz CT molecular complexity index is 585. The standard InChI is InChI=1S/C22H35N3O2/c26-22(9-15-25-13-5-2-6-14-25)24-12-4-1-3-11-23-18-19-7-8-21-20(17-19)10-16-27-21/h7-8,17,23H,1-6,9-16,18H2,(H,24,26). The summed E-state index contributed by atoms with van der Waals surface area (Å²) in [4.78, 5) is 14.3. The number of nitrogens with zero attached hydrogens (tertiary/aromatic N) is 1. The number of hydrogen-bond acceptors (Lipinski definition) is 4. The molecule has 5 nitrogen and oxygen atoms in total. The quantitative estimate of drug-likeness (QED) is 0.586. The summed E-state index contributed by atoms with van der Waals surface area (Å²) in [7, 11) is 0. The molecule has 0 atom stereocenters. The number of nitrogens with one attached hydrogen (secondary N) is 2. The number of hydrogen-bond donors (Lipinski definition) is 2. The lowest BCUT2D eigenvalue weighted by Gasteiger charge is -2.25. The lowest BCUT2D eigenvalue weighted by atomic mass is 10.1. The van der Waals surface area contributed by atoms with Gasteiger partial charge in [-0.05, 0) is 62.5 Å². The van der Waals surface area contributed by atoms with Crippen molar-refractivity contribution >= 4 is 5.91 Å². The van der Waals surface area contributed by atoms with Crippen LogP contribution in [0.4, 0.5) is 0 Å². The molecule has 0 aromatic heterocycles. The Balaban J connectivity index is 1.15. The predicted molar refractivity (Wildman–Crippen MR) is 109 cm³/mol. The fraction of sp³-hybridized carbons (Fsp3) is 0.682. The maximum absolute atomic E-state index is 11.9. The third-order valence-electron chi connectivity index (χ3n) is 5.54. The molecule has 0 saturated carbocycles. The molecule has 2 heterocycles. The minimum atomic E-state index is 0.208. The van der Waals surface area contributed by atoms with E-state index in [1.54, 1.807) is 0 Å². The average molecular weight is 374 g/mol. The highest BCUT2D eigenvalue weighted by Gasteiger charge is 2.12. The summed E-state index contributed by atoms with van der Waals surface area (Å²) in [6.45, 7) is 6.82. The van der Waals surface area contributed by atoms with E-state index >= 15 is 0 Å². The number of fused-ring (bicyclic) bond motifs is 1. The molecular formula is C22H35N3O2. The molecule has 2 N–H and O–H groups in total. The number of unbranched alkanes of at least 4 members (excludes halogenated alkanes) is 2. The van der Waals surface area contributed by atoms with Gasteiger partial charge in [-0.3, -0.25) is 4.79 Å². The second kappa shape index (κ2) is 11.3. The normalized spacial score (nSPS) is 16.7. The highest BCUT2D eigenvalue weighted by atomic mass is 16.5. The van der Waals surface area contributed by atoms with Gasteiger partial charge in [-0.15, -0.1) is 0 Å². The van der Waals surface area contributed by atoms with Crippen LogP contribution in [0.15, 0.2) is 18.2 Å². The Morgan fingerprint density at radius 2 is 1.93 bits per heavy atom. The van der Waals surface area contributed by atoms with E-state index in [2.05, 4.69) is 33.7 Å². The predicted octanol–water partition coefficient (Wildman–Crippen LogP) is 2.87. The Kier molecular flexibility index (Phi) is 8.43. The van der Waals surface area contributed by atoms with Crippen LogP contribution in [-0.4, -0.2) is 50.1 Å². The smallest absolute Gasteiger partial charge is 0.221 e. The molecule has 1 fully saturated rings. The summed E-state index contributed by atoms with van der Waals surface area (Å²) in [6.07, 6.45) is 8.97. The van der Waals surface area contributed by atoms with Gasteiger partial charge in [0.15, 0.2) is 0 Å². The monoisotopic (exact) mass is 373 g/mol. The van der Waals surface area contributed by atoms with Gasteiger partial charge in [0.2, 0.25) is 5.91 Å². The third kappa shape index (κ3) is 7.15. The highest BCUT2D eigenvalue weighted by Crippen LogP contribution is 2.25. The van der Waals surface area contributed by atoms with Gasteiger partial charge >= 0.3 is 0 Å². The van der Waals surface area contributed by atoms with Crippen molar-refractivity contribution in [3.05, 3.63) is 29.3 Å². The Hall–Kier alpha value is -1.59. The average Bonchev–Trinajstić information content (AvgIpc) is 3.17. The van der Waals surface area contributed by atoms with Gasteiger partial charge in [0, 0.05) is 32.5 Å². The molecular weight excluding hydrogens is 338 g/mol. The second-order valence-corrected chi connectivity index (χ2v) is 7.78. The molecule has 1 aromatic carbocycles. The first kappa shape index (κ1) is 20.2. The van der Waals surface area contributed by atoms with E-state index in [1.165, 1.54) is 43.5 Å². The van der Waals surface area contributed by atoms with E-state index in [4.69, 9.17) is 4.74 Å². The molecule has 0 unspecified atom stereocenters. The van der Waals surface area contributed by atoms with Gasteiger partial charge in [0.05, 0.1) is 6.61 Å². The van der Waals surface area contributed by atoms with Gasteiger partial charge in [-0.25, -0.2) is 0 Å². The van der Waals surface area contributed by atoms with E-state index in [0.29, 0.717) is 6.42 Å². The van der Waals surface area contributed by atoms with Crippen molar-refractivity contribution in [1.29, 1.82) is 0 Å². The zero-order chi connectivity index (χ0) is 18.7. The number of carbonyl (C=O) groups excluding carboxylic acids is 1. The number of amides is 1. The zero-order valence-electron chi connectivity index (χ0n) is 16.6. The van der Waals surface area contributed by atoms with Crippen LogP contribution in [0.2, 0.25) is 0 Å². The van der Waals surface area contributed by atoms with Crippen LogP contribution in [0.5, 0.6) is 5.75 Å². The van der Waals surface area contributed by atoms with Crippen molar-refractivity contribution in [3.63, 3.8) is 0 Å². The number of carbonyl (C=O) groups is 1. The maximum Gasteiger partial charge on any atom is 0.221 e. The second-order valence-electron chi connectivity index (χ2n) is 7.78. The van der Waals surface area contributed by atoms with Crippen molar-refractivity contribution in [2.24, 2.45) is 0 Å². The molecule has 150 valence electrons. The van der Waals surface area contributed by atoms with Crippen molar-refractivity contribution < 1.29 is 9.53 Å². The van der Waals surface area contributed by atoms with Gasteiger partial charge in [-0.1, -0.05) is 25.0 Å². The molecule has 2 aliphatic heterocycles. The lowest BCUT2D eigenvalue weighted by Crippen LogP contribution is -2.34. The summed E-state index contributed by atoms with van der Waals surface area (Å²) < 4.78 is 5.54. The topological polar surface area (TPSA) is 53.6 Å². The summed E-state index contributed by atoms with van der Waals surface area (Å²) in [5.74, 6) is 1.26. The van der Waals surface area contributed by atoms with Crippen LogP contribution >= 0.6 is 0 Å².